The molecule has 1 fully saturated rings. The van der Waals surface area contributed by atoms with Gasteiger partial charge in [0.2, 0.25) is 10.0 Å². The number of aryl methyl sites for hydroxylation is 1. The zero-order chi connectivity index (χ0) is 20.0. The van der Waals surface area contributed by atoms with Crippen molar-refractivity contribution in [2.24, 2.45) is 0 Å². The summed E-state index contributed by atoms with van der Waals surface area (Å²) in [6.07, 6.45) is 2.73. The average molecular weight is 399 g/mol. The third-order valence-corrected chi connectivity index (χ3v) is 6.56. The molecule has 1 aromatic carbocycles. The van der Waals surface area contributed by atoms with E-state index in [4.69, 9.17) is 0 Å². The van der Waals surface area contributed by atoms with Crippen molar-refractivity contribution < 1.29 is 22.4 Å². The maximum absolute atomic E-state index is 13.5. The Morgan fingerprint density at radius 1 is 1.22 bits per heavy atom. The molecule has 0 unspecified atom stereocenters. The summed E-state index contributed by atoms with van der Waals surface area (Å²) in [5.74, 6) is -1.87. The molecule has 2 N–H and O–H groups in total. The Morgan fingerprint density at radius 3 is 2.59 bits per heavy atom. The van der Waals surface area contributed by atoms with Crippen LogP contribution >= 0.6 is 0 Å². The summed E-state index contributed by atoms with van der Waals surface area (Å²) in [5, 5.41) is 4.93. The summed E-state index contributed by atoms with van der Waals surface area (Å²) in [5.41, 5.74) is 0.277. The number of hydrogen-bond acceptors (Lipinski definition) is 4. The lowest BCUT2D eigenvalue weighted by Crippen LogP contribution is -2.46. The van der Waals surface area contributed by atoms with Gasteiger partial charge in [-0.05, 0) is 56.9 Å². The van der Waals surface area contributed by atoms with E-state index in [-0.39, 0.29) is 23.0 Å². The van der Waals surface area contributed by atoms with Gasteiger partial charge in [-0.25, -0.2) is 12.8 Å². The van der Waals surface area contributed by atoms with Gasteiger partial charge in [0.25, 0.3) is 0 Å². The minimum absolute atomic E-state index is 0.0691. The van der Waals surface area contributed by atoms with Gasteiger partial charge in [0.1, 0.15) is 5.82 Å². The summed E-state index contributed by atoms with van der Waals surface area (Å²) in [7, 11) is -3.75. The molecular formula is C18H26FN3O4S. The highest BCUT2D eigenvalue weighted by molar-refractivity contribution is 7.89. The third kappa shape index (κ3) is 5.26. The molecule has 27 heavy (non-hydrogen) atoms. The molecule has 7 nitrogen and oxygen atoms in total. The van der Waals surface area contributed by atoms with Crippen molar-refractivity contribution in [1.82, 2.24) is 14.9 Å². The van der Waals surface area contributed by atoms with Crippen molar-refractivity contribution in [3.63, 3.8) is 0 Å². The van der Waals surface area contributed by atoms with Crippen LogP contribution in [0.2, 0.25) is 0 Å². The smallest absolute Gasteiger partial charge is 0.309 e. The minimum atomic E-state index is -3.75. The zero-order valence-electron chi connectivity index (χ0n) is 15.6. The molecule has 0 radical (unpaired) electrons. The zero-order valence-corrected chi connectivity index (χ0v) is 16.4. The van der Waals surface area contributed by atoms with E-state index < -0.39 is 27.7 Å². The first-order valence-corrected chi connectivity index (χ1v) is 10.6. The number of benzene rings is 1. The first-order chi connectivity index (χ1) is 12.8. The van der Waals surface area contributed by atoms with E-state index in [0.717, 1.165) is 18.9 Å². The quantitative estimate of drug-likeness (QED) is 0.706. The standard InChI is InChI=1S/C18H26FN3O4S/c1-3-20-17(23)18(24)21-10-9-14-6-4-5-11-22(14)27(25,26)15-7-8-16(19)13(2)12-15/h7-8,12,14H,3-6,9-11H2,1-2H3,(H,20,23)(H,21,24)/t14-/m0/s1. The highest BCUT2D eigenvalue weighted by atomic mass is 32.2. The summed E-state index contributed by atoms with van der Waals surface area (Å²) in [6, 6.07) is 3.50. The molecule has 1 heterocycles. The highest BCUT2D eigenvalue weighted by Crippen LogP contribution is 2.27. The lowest BCUT2D eigenvalue weighted by Gasteiger charge is -2.34. The second-order valence-corrected chi connectivity index (χ2v) is 8.47. The molecule has 1 aliphatic rings. The Hall–Kier alpha value is -2.00. The largest absolute Gasteiger partial charge is 0.348 e. The molecule has 0 aromatic heterocycles. The van der Waals surface area contributed by atoms with Gasteiger partial charge >= 0.3 is 11.8 Å². The van der Waals surface area contributed by atoms with Crippen LogP contribution in [0.15, 0.2) is 23.1 Å². The Labute approximate surface area is 159 Å². The molecule has 0 bridgehead atoms. The molecule has 2 amide bonds. The van der Waals surface area contributed by atoms with Crippen LogP contribution in [0, 0.1) is 12.7 Å². The molecule has 0 spiro atoms. The molecule has 150 valence electrons. The van der Waals surface area contributed by atoms with Crippen LogP contribution in [0.1, 0.15) is 38.2 Å². The van der Waals surface area contributed by atoms with E-state index in [1.807, 2.05) is 0 Å². The van der Waals surface area contributed by atoms with Crippen molar-refractivity contribution >= 4 is 21.8 Å². The summed E-state index contributed by atoms with van der Waals surface area (Å²) in [6.45, 7) is 4.19. The lowest BCUT2D eigenvalue weighted by atomic mass is 10.0. The molecule has 1 saturated heterocycles. The lowest BCUT2D eigenvalue weighted by molar-refractivity contribution is -0.139. The van der Waals surface area contributed by atoms with E-state index in [0.29, 0.717) is 25.9 Å². The highest BCUT2D eigenvalue weighted by Gasteiger charge is 2.33. The molecular weight excluding hydrogens is 373 g/mol. The van der Waals surface area contributed by atoms with Crippen LogP contribution in [-0.2, 0) is 19.6 Å². The number of sulfonamides is 1. The first-order valence-electron chi connectivity index (χ1n) is 9.11. The monoisotopic (exact) mass is 399 g/mol. The normalized spacial score (nSPS) is 18.1. The number of piperidine rings is 1. The fourth-order valence-corrected chi connectivity index (χ4v) is 4.97. The maximum atomic E-state index is 13.5. The molecule has 1 atom stereocenters. The number of nitrogens with one attached hydrogen (secondary N) is 2. The number of rotatable bonds is 6. The number of carbonyl (C=O) groups excluding carboxylic acids is 2. The van der Waals surface area contributed by atoms with E-state index in [1.54, 1.807) is 6.92 Å². The van der Waals surface area contributed by atoms with E-state index >= 15 is 0 Å². The van der Waals surface area contributed by atoms with Gasteiger partial charge in [-0.15, -0.1) is 0 Å². The molecule has 0 aliphatic carbocycles. The molecule has 9 heteroatoms. The number of halogens is 1. The molecule has 0 saturated carbocycles. The molecule has 1 aromatic rings. The number of carbonyl (C=O) groups is 2. The van der Waals surface area contributed by atoms with Gasteiger partial charge in [0.05, 0.1) is 4.90 Å². The van der Waals surface area contributed by atoms with Gasteiger partial charge in [-0.2, -0.15) is 4.31 Å². The van der Waals surface area contributed by atoms with Crippen molar-refractivity contribution in [3.05, 3.63) is 29.6 Å². The maximum Gasteiger partial charge on any atom is 0.309 e. The van der Waals surface area contributed by atoms with E-state index in [9.17, 15) is 22.4 Å². The van der Waals surface area contributed by atoms with Crippen LogP contribution in [0.3, 0.4) is 0 Å². The molecule has 1 aliphatic heterocycles. The fourth-order valence-electron chi connectivity index (χ4n) is 3.17. The third-order valence-electron chi connectivity index (χ3n) is 4.62. The van der Waals surface area contributed by atoms with Crippen molar-refractivity contribution in [2.75, 3.05) is 19.6 Å². The average Bonchev–Trinajstić information content (AvgIpc) is 2.64. The summed E-state index contributed by atoms with van der Waals surface area (Å²) in [4.78, 5) is 23.2. The van der Waals surface area contributed by atoms with Gasteiger partial charge < -0.3 is 10.6 Å². The second kappa shape index (κ2) is 9.27. The first kappa shape index (κ1) is 21.3. The number of likely N-dealkylation sites (N-methyl/N-ethyl adjacent to an activating group) is 1. The predicted molar refractivity (Wildman–Crippen MR) is 99.0 cm³/mol. The van der Waals surface area contributed by atoms with Crippen molar-refractivity contribution in [2.45, 2.75) is 50.5 Å². The predicted octanol–water partition coefficient (Wildman–Crippen LogP) is 1.32. The van der Waals surface area contributed by atoms with Crippen LogP contribution in [-0.4, -0.2) is 50.2 Å². The molecule has 2 rings (SSSR count). The van der Waals surface area contributed by atoms with Gasteiger partial charge in [0, 0.05) is 25.7 Å². The summed E-state index contributed by atoms with van der Waals surface area (Å²) < 4.78 is 40.9. The van der Waals surface area contributed by atoms with Gasteiger partial charge in [0.15, 0.2) is 0 Å². The van der Waals surface area contributed by atoms with Crippen LogP contribution in [0.25, 0.3) is 0 Å². The Morgan fingerprint density at radius 2 is 1.93 bits per heavy atom. The Bertz CT molecular complexity index is 798. The Kier molecular flexibility index (Phi) is 7.32. The number of nitrogens with zero attached hydrogens (tertiary/aromatic N) is 1. The van der Waals surface area contributed by atoms with Crippen LogP contribution in [0.4, 0.5) is 4.39 Å². The van der Waals surface area contributed by atoms with Gasteiger partial charge in [-0.3, -0.25) is 9.59 Å². The minimum Gasteiger partial charge on any atom is -0.348 e. The van der Waals surface area contributed by atoms with E-state index in [2.05, 4.69) is 10.6 Å². The fraction of sp³-hybridized carbons (Fsp3) is 0.556. The Balaban J connectivity index is 2.06. The SMILES string of the molecule is CCNC(=O)C(=O)NCC[C@@H]1CCCCN1S(=O)(=O)c1ccc(F)c(C)c1. The van der Waals surface area contributed by atoms with Gasteiger partial charge in [-0.1, -0.05) is 6.42 Å². The van der Waals surface area contributed by atoms with Crippen LogP contribution in [0.5, 0.6) is 0 Å². The topological polar surface area (TPSA) is 95.6 Å². The number of amides is 2. The second-order valence-electron chi connectivity index (χ2n) is 6.58. The number of hydrogen-bond donors (Lipinski definition) is 2. The van der Waals surface area contributed by atoms with Crippen molar-refractivity contribution in [1.29, 1.82) is 0 Å². The van der Waals surface area contributed by atoms with Crippen molar-refractivity contribution in [3.8, 4) is 0 Å². The van der Waals surface area contributed by atoms with E-state index in [1.165, 1.54) is 23.4 Å². The summed E-state index contributed by atoms with van der Waals surface area (Å²) >= 11 is 0. The van der Waals surface area contributed by atoms with Crippen LogP contribution < -0.4 is 10.6 Å².